The third-order valence-electron chi connectivity index (χ3n) is 3.73. The standard InChI is InChI=1S/C18H14ClN3O3S/c1-25-15-5-3-2-4-14(15)20-10-13-16(23)21-18(26)22(17(13)24)12-8-6-11(19)7-9-12/h2-10,13H,1H3,(H,21,23,26)/t13-/m0/s1. The number of nitrogens with zero attached hydrogens (tertiary/aromatic N) is 2. The molecule has 1 atom stereocenters. The monoisotopic (exact) mass is 387 g/mol. The van der Waals surface area contributed by atoms with Crippen LogP contribution in [0.5, 0.6) is 5.75 Å². The van der Waals surface area contributed by atoms with E-state index in [4.69, 9.17) is 28.6 Å². The highest BCUT2D eigenvalue weighted by Gasteiger charge is 2.38. The van der Waals surface area contributed by atoms with Gasteiger partial charge in [0.1, 0.15) is 11.4 Å². The highest BCUT2D eigenvalue weighted by molar-refractivity contribution is 7.80. The SMILES string of the molecule is COc1ccccc1N=C[C@H]1C(=O)NC(=S)N(c2ccc(Cl)cc2)C1=O. The van der Waals surface area contributed by atoms with E-state index in [0.29, 0.717) is 22.1 Å². The summed E-state index contributed by atoms with van der Waals surface area (Å²) in [5, 5.41) is 3.08. The zero-order valence-corrected chi connectivity index (χ0v) is 15.3. The predicted molar refractivity (Wildman–Crippen MR) is 104 cm³/mol. The molecule has 0 bridgehead atoms. The maximum absolute atomic E-state index is 12.8. The van der Waals surface area contributed by atoms with Crippen LogP contribution in [0.15, 0.2) is 53.5 Å². The number of para-hydroxylation sites is 2. The van der Waals surface area contributed by atoms with Crippen molar-refractivity contribution >= 4 is 58.3 Å². The van der Waals surface area contributed by atoms with E-state index in [1.165, 1.54) is 18.2 Å². The third kappa shape index (κ3) is 3.58. The van der Waals surface area contributed by atoms with Crippen LogP contribution in [0.3, 0.4) is 0 Å². The van der Waals surface area contributed by atoms with Crippen molar-refractivity contribution < 1.29 is 14.3 Å². The fourth-order valence-electron chi connectivity index (χ4n) is 2.45. The Morgan fingerprint density at radius 2 is 1.88 bits per heavy atom. The molecule has 0 saturated carbocycles. The van der Waals surface area contributed by atoms with Crippen molar-refractivity contribution in [2.75, 3.05) is 12.0 Å². The molecule has 1 saturated heterocycles. The number of hydrogen-bond acceptors (Lipinski definition) is 5. The Labute approximate surface area is 160 Å². The maximum atomic E-state index is 12.8. The molecule has 2 amide bonds. The Hall–Kier alpha value is -2.77. The van der Waals surface area contributed by atoms with Gasteiger partial charge in [0.05, 0.1) is 12.8 Å². The molecule has 1 aliphatic heterocycles. The van der Waals surface area contributed by atoms with Gasteiger partial charge in [-0.2, -0.15) is 0 Å². The van der Waals surface area contributed by atoms with Gasteiger partial charge in [0.15, 0.2) is 11.0 Å². The van der Waals surface area contributed by atoms with Crippen LogP contribution in [-0.2, 0) is 9.59 Å². The lowest BCUT2D eigenvalue weighted by Gasteiger charge is -2.30. The summed E-state index contributed by atoms with van der Waals surface area (Å²) in [6.45, 7) is 0. The molecule has 6 nitrogen and oxygen atoms in total. The van der Waals surface area contributed by atoms with Gasteiger partial charge in [-0.1, -0.05) is 23.7 Å². The Balaban J connectivity index is 1.90. The number of carbonyl (C=O) groups excluding carboxylic acids is 2. The van der Waals surface area contributed by atoms with Crippen LogP contribution in [0.2, 0.25) is 5.02 Å². The summed E-state index contributed by atoms with van der Waals surface area (Å²) >= 11 is 11.0. The summed E-state index contributed by atoms with van der Waals surface area (Å²) in [6, 6.07) is 13.6. The number of carbonyl (C=O) groups is 2. The molecule has 0 unspecified atom stereocenters. The van der Waals surface area contributed by atoms with E-state index in [2.05, 4.69) is 10.3 Å². The van der Waals surface area contributed by atoms with Crippen molar-refractivity contribution in [3.63, 3.8) is 0 Å². The summed E-state index contributed by atoms with van der Waals surface area (Å²) in [7, 11) is 1.52. The first-order valence-electron chi connectivity index (χ1n) is 7.63. The van der Waals surface area contributed by atoms with Gasteiger partial charge in [0.25, 0.3) is 5.91 Å². The molecule has 0 aliphatic carbocycles. The molecular weight excluding hydrogens is 374 g/mol. The van der Waals surface area contributed by atoms with E-state index in [9.17, 15) is 9.59 Å². The van der Waals surface area contributed by atoms with Crippen molar-refractivity contribution in [2.24, 2.45) is 10.9 Å². The minimum absolute atomic E-state index is 0.0178. The van der Waals surface area contributed by atoms with E-state index in [1.54, 1.807) is 48.5 Å². The molecule has 0 aromatic heterocycles. The topological polar surface area (TPSA) is 71.0 Å². The number of halogens is 1. The number of rotatable bonds is 4. The van der Waals surface area contributed by atoms with E-state index in [-0.39, 0.29) is 5.11 Å². The minimum atomic E-state index is -1.11. The van der Waals surface area contributed by atoms with Crippen molar-refractivity contribution in [1.82, 2.24) is 5.32 Å². The normalized spacial score (nSPS) is 17.5. The number of thiocarbonyl (C=S) groups is 1. The van der Waals surface area contributed by atoms with Crippen LogP contribution < -0.4 is 15.0 Å². The van der Waals surface area contributed by atoms with Gasteiger partial charge in [-0.05, 0) is 48.6 Å². The smallest absolute Gasteiger partial charge is 0.251 e. The van der Waals surface area contributed by atoms with Gasteiger partial charge >= 0.3 is 0 Å². The van der Waals surface area contributed by atoms with Crippen molar-refractivity contribution in [3.05, 3.63) is 53.6 Å². The second-order valence-corrected chi connectivity index (χ2v) is 6.20. The van der Waals surface area contributed by atoms with Crippen LogP contribution in [0.4, 0.5) is 11.4 Å². The summed E-state index contributed by atoms with van der Waals surface area (Å²) in [6.07, 6.45) is 1.29. The number of methoxy groups -OCH3 is 1. The van der Waals surface area contributed by atoms with Crippen LogP contribution >= 0.6 is 23.8 Å². The Morgan fingerprint density at radius 3 is 2.58 bits per heavy atom. The van der Waals surface area contributed by atoms with Crippen LogP contribution in [0.1, 0.15) is 0 Å². The van der Waals surface area contributed by atoms with E-state index in [0.717, 1.165) is 0 Å². The lowest BCUT2D eigenvalue weighted by atomic mass is 10.1. The average Bonchev–Trinajstić information content (AvgIpc) is 2.63. The fraction of sp³-hybridized carbons (Fsp3) is 0.111. The molecule has 2 aromatic rings. The molecule has 8 heteroatoms. The molecule has 1 N–H and O–H groups in total. The molecule has 1 heterocycles. The summed E-state index contributed by atoms with van der Waals surface area (Å²) in [5.74, 6) is -1.58. The fourth-order valence-corrected chi connectivity index (χ4v) is 2.87. The number of nitrogens with one attached hydrogen (secondary N) is 1. The predicted octanol–water partition coefficient (Wildman–Crippen LogP) is 3.12. The quantitative estimate of drug-likeness (QED) is 0.497. The van der Waals surface area contributed by atoms with Gasteiger partial charge in [0, 0.05) is 11.2 Å². The van der Waals surface area contributed by atoms with Crippen molar-refractivity contribution in [3.8, 4) is 5.75 Å². The number of anilines is 1. The molecule has 1 fully saturated rings. The molecule has 1 aliphatic rings. The maximum Gasteiger partial charge on any atom is 0.251 e. The molecule has 132 valence electrons. The Kier molecular flexibility index (Phi) is 5.29. The number of benzene rings is 2. The average molecular weight is 388 g/mol. The number of amides is 2. The second kappa shape index (κ2) is 7.63. The molecule has 0 radical (unpaired) electrons. The van der Waals surface area contributed by atoms with Crippen molar-refractivity contribution in [2.45, 2.75) is 0 Å². The van der Waals surface area contributed by atoms with E-state index >= 15 is 0 Å². The van der Waals surface area contributed by atoms with Gasteiger partial charge in [-0.15, -0.1) is 0 Å². The zero-order chi connectivity index (χ0) is 18.7. The lowest BCUT2D eigenvalue weighted by molar-refractivity contribution is -0.130. The first-order chi connectivity index (χ1) is 12.5. The van der Waals surface area contributed by atoms with Crippen LogP contribution in [0.25, 0.3) is 0 Å². The number of aliphatic imine (C=N–C) groups is 1. The summed E-state index contributed by atoms with van der Waals surface area (Å²) in [4.78, 5) is 30.6. The molecule has 3 rings (SSSR count). The highest BCUT2D eigenvalue weighted by Crippen LogP contribution is 2.27. The van der Waals surface area contributed by atoms with Gasteiger partial charge < -0.3 is 10.1 Å². The first-order valence-corrected chi connectivity index (χ1v) is 8.41. The third-order valence-corrected chi connectivity index (χ3v) is 4.27. The van der Waals surface area contributed by atoms with Gasteiger partial charge in [-0.25, -0.2) is 0 Å². The van der Waals surface area contributed by atoms with E-state index in [1.807, 2.05) is 0 Å². The van der Waals surface area contributed by atoms with Crippen LogP contribution in [0, 0.1) is 5.92 Å². The summed E-state index contributed by atoms with van der Waals surface area (Å²) < 4.78 is 5.21. The van der Waals surface area contributed by atoms with Gasteiger partial charge in [-0.3, -0.25) is 19.5 Å². The lowest BCUT2D eigenvalue weighted by Crippen LogP contribution is -2.58. The minimum Gasteiger partial charge on any atom is -0.494 e. The first kappa shape index (κ1) is 18.0. The highest BCUT2D eigenvalue weighted by atomic mass is 35.5. The molecule has 0 spiro atoms. The molecule has 2 aromatic carbocycles. The molecule has 26 heavy (non-hydrogen) atoms. The van der Waals surface area contributed by atoms with E-state index < -0.39 is 17.7 Å². The number of hydrogen-bond donors (Lipinski definition) is 1. The second-order valence-electron chi connectivity index (χ2n) is 5.37. The summed E-state index contributed by atoms with van der Waals surface area (Å²) in [5.41, 5.74) is 1.03. The zero-order valence-electron chi connectivity index (χ0n) is 13.7. The Morgan fingerprint density at radius 1 is 1.19 bits per heavy atom. The largest absolute Gasteiger partial charge is 0.494 e. The van der Waals surface area contributed by atoms with Gasteiger partial charge in [0.2, 0.25) is 5.91 Å². The Bertz CT molecular complexity index is 899. The van der Waals surface area contributed by atoms with Crippen molar-refractivity contribution in [1.29, 1.82) is 0 Å². The number of ether oxygens (including phenoxy) is 1. The van der Waals surface area contributed by atoms with Crippen LogP contribution in [-0.4, -0.2) is 30.3 Å². The molecular formula is C18H14ClN3O3S.